The molecule has 31 heavy (non-hydrogen) atoms. The summed E-state index contributed by atoms with van der Waals surface area (Å²) >= 11 is 1.08. The van der Waals surface area contributed by atoms with E-state index in [2.05, 4.69) is 0 Å². The van der Waals surface area contributed by atoms with Gasteiger partial charge >= 0.3 is 12.4 Å². The molecule has 0 amide bonds. The maximum absolute atomic E-state index is 13.0. The van der Waals surface area contributed by atoms with Crippen molar-refractivity contribution >= 4 is 27.0 Å². The second-order valence-corrected chi connectivity index (χ2v) is 10.2. The van der Waals surface area contributed by atoms with Crippen LogP contribution in [-0.4, -0.2) is 55.9 Å². The maximum atomic E-state index is 13.0. The highest BCUT2D eigenvalue weighted by molar-refractivity contribution is 7.91. The van der Waals surface area contributed by atoms with Gasteiger partial charge in [-0.3, -0.25) is 0 Å². The van der Waals surface area contributed by atoms with E-state index in [9.17, 15) is 39.9 Å². The molecule has 1 saturated heterocycles. The lowest BCUT2D eigenvalue weighted by atomic mass is 9.92. The predicted octanol–water partition coefficient (Wildman–Crippen LogP) is 3.96. The molecule has 1 aliphatic heterocycles. The number of thiophene rings is 1. The van der Waals surface area contributed by atoms with Crippen LogP contribution < -0.4 is 4.90 Å². The van der Waals surface area contributed by atoms with E-state index >= 15 is 0 Å². The molecular weight excluding hydrogens is 470 g/mol. The Bertz CT molecular complexity index is 990. The monoisotopic (exact) mass is 488 g/mol. The number of halogens is 6. The molecule has 13 heteroatoms. The van der Waals surface area contributed by atoms with Crippen LogP contribution in [-0.2, 0) is 15.6 Å². The third kappa shape index (κ3) is 4.15. The molecule has 1 aromatic carbocycles. The van der Waals surface area contributed by atoms with Gasteiger partial charge in [0.2, 0.25) is 0 Å². The van der Waals surface area contributed by atoms with Crippen molar-refractivity contribution in [1.29, 1.82) is 0 Å². The molecule has 5 nitrogen and oxygen atoms in total. The van der Waals surface area contributed by atoms with Crippen LogP contribution in [0.4, 0.5) is 32.0 Å². The Morgan fingerprint density at radius 2 is 1.58 bits per heavy atom. The van der Waals surface area contributed by atoms with Gasteiger partial charge in [0.25, 0.3) is 15.6 Å². The zero-order valence-electron chi connectivity index (χ0n) is 16.0. The Morgan fingerprint density at radius 1 is 1.00 bits per heavy atom. The Kier molecular flexibility index (Phi) is 6.10. The topological polar surface area (TPSA) is 60.9 Å². The van der Waals surface area contributed by atoms with E-state index in [1.54, 1.807) is 23.3 Å². The third-order valence-corrected chi connectivity index (χ3v) is 8.35. The van der Waals surface area contributed by atoms with Crippen molar-refractivity contribution < 1.29 is 39.9 Å². The van der Waals surface area contributed by atoms with Crippen molar-refractivity contribution in [3.05, 3.63) is 47.3 Å². The van der Waals surface area contributed by atoms with E-state index in [1.807, 2.05) is 0 Å². The first-order valence-corrected chi connectivity index (χ1v) is 11.3. The second kappa shape index (κ2) is 7.94. The number of alkyl halides is 6. The zero-order valence-corrected chi connectivity index (χ0v) is 17.6. The molecule has 172 valence electrons. The van der Waals surface area contributed by atoms with Crippen molar-refractivity contribution in [3.63, 3.8) is 0 Å². The van der Waals surface area contributed by atoms with Crippen LogP contribution in [0.5, 0.6) is 0 Å². The number of benzene rings is 1. The summed E-state index contributed by atoms with van der Waals surface area (Å²) in [7, 11) is -3.67. The minimum absolute atomic E-state index is 0.0943. The second-order valence-electron chi connectivity index (χ2n) is 7.09. The SMILES string of the molecule is C[C@@H]1CN(S(=O)(=O)c2cccs2)CCN1c1ccc(C(O)(C(F)(F)F)C(F)(F)F)cc1. The lowest BCUT2D eigenvalue weighted by molar-refractivity contribution is -0.376. The van der Waals surface area contributed by atoms with E-state index in [-0.39, 0.29) is 23.8 Å². The van der Waals surface area contributed by atoms with Crippen molar-refractivity contribution in [2.45, 2.75) is 35.1 Å². The fraction of sp³-hybridized carbons (Fsp3) is 0.444. The van der Waals surface area contributed by atoms with Gasteiger partial charge in [-0.2, -0.15) is 30.6 Å². The molecule has 0 saturated carbocycles. The zero-order chi connectivity index (χ0) is 23.2. The number of nitrogens with zero attached hydrogens (tertiary/aromatic N) is 2. The van der Waals surface area contributed by atoms with Gasteiger partial charge in [-0.25, -0.2) is 8.42 Å². The molecule has 2 heterocycles. The number of rotatable bonds is 4. The van der Waals surface area contributed by atoms with Gasteiger partial charge in [0.05, 0.1) is 0 Å². The molecule has 1 aliphatic rings. The Balaban J connectivity index is 1.81. The molecular formula is C18H18F6N2O3S2. The van der Waals surface area contributed by atoms with Gasteiger partial charge in [-0.1, -0.05) is 18.2 Å². The molecule has 0 radical (unpaired) electrons. The van der Waals surface area contributed by atoms with E-state index in [1.165, 1.54) is 10.4 Å². The van der Waals surface area contributed by atoms with E-state index in [0.29, 0.717) is 17.8 Å². The number of piperazine rings is 1. The van der Waals surface area contributed by atoms with Crippen LogP contribution >= 0.6 is 11.3 Å². The summed E-state index contributed by atoms with van der Waals surface area (Å²) in [4.78, 5) is 1.68. The highest BCUT2D eigenvalue weighted by Gasteiger charge is 2.71. The van der Waals surface area contributed by atoms with Crippen LogP contribution in [0.25, 0.3) is 0 Å². The average Bonchev–Trinajstić information content (AvgIpc) is 3.21. The maximum Gasteiger partial charge on any atom is 0.430 e. The lowest BCUT2D eigenvalue weighted by Crippen LogP contribution is -2.54. The van der Waals surface area contributed by atoms with Crippen LogP contribution in [0.1, 0.15) is 12.5 Å². The minimum atomic E-state index is -5.96. The molecule has 0 aliphatic carbocycles. The highest BCUT2D eigenvalue weighted by atomic mass is 32.2. The first-order valence-electron chi connectivity index (χ1n) is 8.96. The lowest BCUT2D eigenvalue weighted by Gasteiger charge is -2.40. The summed E-state index contributed by atoms with van der Waals surface area (Å²) in [6.07, 6.45) is -11.9. The Hall–Kier alpha value is -1.83. The van der Waals surface area contributed by atoms with Crippen LogP contribution in [0.3, 0.4) is 0 Å². The molecule has 2 aromatic rings. The molecule has 0 bridgehead atoms. The van der Waals surface area contributed by atoms with Gasteiger partial charge in [0.1, 0.15) is 4.21 Å². The normalized spacial score (nSPS) is 19.6. The van der Waals surface area contributed by atoms with E-state index in [4.69, 9.17) is 0 Å². The van der Waals surface area contributed by atoms with E-state index in [0.717, 1.165) is 23.5 Å². The summed E-state index contributed by atoms with van der Waals surface area (Å²) in [5.74, 6) is 0. The smallest absolute Gasteiger partial charge is 0.369 e. The van der Waals surface area contributed by atoms with Crippen molar-refractivity contribution in [2.24, 2.45) is 0 Å². The summed E-state index contributed by atoms with van der Waals surface area (Å²) in [5.41, 5.74) is -6.02. The minimum Gasteiger partial charge on any atom is -0.369 e. The standard InChI is InChI=1S/C18H18F6N2O3S2/c1-12-11-25(31(28,29)15-3-2-10-30-15)8-9-26(12)14-6-4-13(5-7-14)16(27,17(19,20)21)18(22,23)24/h2-7,10,12,27H,8-9,11H2,1H3/t12-/m1/s1. The number of sulfonamides is 1. The quantitative estimate of drug-likeness (QED) is 0.662. The van der Waals surface area contributed by atoms with Crippen molar-refractivity contribution in [3.8, 4) is 0 Å². The van der Waals surface area contributed by atoms with Crippen molar-refractivity contribution in [1.82, 2.24) is 4.31 Å². The number of hydrogen-bond donors (Lipinski definition) is 1. The molecule has 3 rings (SSSR count). The first-order chi connectivity index (χ1) is 14.2. The Morgan fingerprint density at radius 3 is 2.03 bits per heavy atom. The third-order valence-electron chi connectivity index (χ3n) is 5.12. The molecule has 0 unspecified atom stereocenters. The van der Waals surface area contributed by atoms with Gasteiger partial charge in [0, 0.05) is 36.9 Å². The van der Waals surface area contributed by atoms with Crippen LogP contribution in [0, 0.1) is 0 Å². The number of anilines is 1. The molecule has 1 fully saturated rings. The Labute approximate surface area is 178 Å². The first kappa shape index (κ1) is 23.8. The fourth-order valence-corrected chi connectivity index (χ4v) is 6.10. The fourth-order valence-electron chi connectivity index (χ4n) is 3.45. The summed E-state index contributed by atoms with van der Waals surface area (Å²) in [6, 6.07) is 5.98. The largest absolute Gasteiger partial charge is 0.430 e. The number of hydrogen-bond acceptors (Lipinski definition) is 5. The van der Waals surface area contributed by atoms with Crippen molar-refractivity contribution in [2.75, 3.05) is 24.5 Å². The summed E-state index contributed by atoms with van der Waals surface area (Å²) in [5, 5.41) is 11.1. The summed E-state index contributed by atoms with van der Waals surface area (Å²) < 4.78 is 105. The van der Waals surface area contributed by atoms with Gasteiger partial charge in [-0.05, 0) is 30.5 Å². The molecule has 0 spiro atoms. The molecule has 1 aromatic heterocycles. The van der Waals surface area contributed by atoms with Crippen LogP contribution in [0.2, 0.25) is 0 Å². The predicted molar refractivity (Wildman–Crippen MR) is 102 cm³/mol. The number of aliphatic hydroxyl groups is 1. The summed E-state index contributed by atoms with van der Waals surface area (Å²) in [6.45, 7) is 2.08. The van der Waals surface area contributed by atoms with Gasteiger partial charge in [-0.15, -0.1) is 11.3 Å². The van der Waals surface area contributed by atoms with E-state index < -0.39 is 39.6 Å². The molecule has 1 N–H and O–H groups in total. The van der Waals surface area contributed by atoms with Gasteiger partial charge < -0.3 is 10.0 Å². The van der Waals surface area contributed by atoms with Crippen LogP contribution in [0.15, 0.2) is 46.0 Å². The van der Waals surface area contributed by atoms with Gasteiger partial charge in [0.15, 0.2) is 0 Å². The molecule has 1 atom stereocenters. The highest BCUT2D eigenvalue weighted by Crippen LogP contribution is 2.50. The average molecular weight is 488 g/mol.